The highest BCUT2D eigenvalue weighted by atomic mass is 32.2. The van der Waals surface area contributed by atoms with Crippen molar-refractivity contribution in [2.24, 2.45) is 17.8 Å². The SMILES string of the molecule is O=S(=O)(C[C@@H]1C[C@@H]2CCCC[C@@H]21)NCCNc1ncccn1. The second-order valence-electron chi connectivity index (χ2n) is 6.38. The van der Waals surface area contributed by atoms with E-state index in [0.29, 0.717) is 30.9 Å². The van der Waals surface area contributed by atoms with Crippen LogP contribution in [0.3, 0.4) is 0 Å². The fraction of sp³-hybridized carbons (Fsp3) is 0.733. The quantitative estimate of drug-likeness (QED) is 0.745. The first-order valence-electron chi connectivity index (χ1n) is 8.12. The van der Waals surface area contributed by atoms with Crippen molar-refractivity contribution >= 4 is 16.0 Å². The maximum Gasteiger partial charge on any atom is 0.222 e. The van der Waals surface area contributed by atoms with Crippen molar-refractivity contribution in [3.05, 3.63) is 18.5 Å². The van der Waals surface area contributed by atoms with Crippen LogP contribution in [0.15, 0.2) is 18.5 Å². The van der Waals surface area contributed by atoms with Crippen LogP contribution in [0.25, 0.3) is 0 Å². The highest BCUT2D eigenvalue weighted by Gasteiger charge is 2.43. The van der Waals surface area contributed by atoms with E-state index in [4.69, 9.17) is 0 Å². The fourth-order valence-electron chi connectivity index (χ4n) is 3.82. The van der Waals surface area contributed by atoms with Gasteiger partial charge in [0.25, 0.3) is 0 Å². The Hall–Kier alpha value is -1.21. The van der Waals surface area contributed by atoms with Gasteiger partial charge < -0.3 is 5.32 Å². The number of nitrogens with zero attached hydrogens (tertiary/aromatic N) is 2. The number of sulfonamides is 1. The summed E-state index contributed by atoms with van der Waals surface area (Å²) in [5.41, 5.74) is 0. The summed E-state index contributed by atoms with van der Waals surface area (Å²) in [5.74, 6) is 2.63. The molecule has 3 rings (SSSR count). The molecule has 0 radical (unpaired) electrons. The first kappa shape index (κ1) is 15.7. The zero-order chi connectivity index (χ0) is 15.4. The molecule has 0 aliphatic heterocycles. The zero-order valence-electron chi connectivity index (χ0n) is 12.7. The minimum absolute atomic E-state index is 0.288. The molecule has 1 heterocycles. The van der Waals surface area contributed by atoms with Crippen LogP contribution < -0.4 is 10.0 Å². The van der Waals surface area contributed by atoms with E-state index in [1.54, 1.807) is 18.5 Å². The molecular formula is C15H24N4O2S. The standard InChI is InChI=1S/C15H24N4O2S/c20-22(21,11-13-10-12-4-1-2-5-14(12)13)19-9-8-18-15-16-6-3-7-17-15/h3,6-7,12-14,19H,1-2,4-5,8-11H2,(H,16,17,18)/t12-,13-,14-/m0/s1. The van der Waals surface area contributed by atoms with Gasteiger partial charge in [-0.3, -0.25) is 0 Å². The minimum atomic E-state index is -3.18. The Morgan fingerprint density at radius 2 is 1.91 bits per heavy atom. The normalized spacial score (nSPS) is 27.7. The lowest BCUT2D eigenvalue weighted by Gasteiger charge is -2.47. The molecule has 0 spiro atoms. The Morgan fingerprint density at radius 1 is 1.14 bits per heavy atom. The molecule has 2 fully saturated rings. The number of fused-ring (bicyclic) bond motifs is 1. The zero-order valence-corrected chi connectivity index (χ0v) is 13.6. The van der Waals surface area contributed by atoms with Gasteiger partial charge in [0.2, 0.25) is 16.0 Å². The highest BCUT2D eigenvalue weighted by molar-refractivity contribution is 7.89. The predicted octanol–water partition coefficient (Wildman–Crippen LogP) is 1.63. The Kier molecular flexibility index (Phi) is 4.93. The van der Waals surface area contributed by atoms with Crippen LogP contribution >= 0.6 is 0 Å². The fourth-order valence-corrected chi connectivity index (χ4v) is 5.30. The van der Waals surface area contributed by atoms with Crippen LogP contribution in [0.5, 0.6) is 0 Å². The average molecular weight is 324 g/mol. The summed E-state index contributed by atoms with van der Waals surface area (Å²) in [4.78, 5) is 8.06. The smallest absolute Gasteiger partial charge is 0.222 e. The van der Waals surface area contributed by atoms with Crippen LogP contribution in [0.1, 0.15) is 32.1 Å². The Labute approximate surface area is 132 Å². The molecule has 1 aromatic heterocycles. The first-order valence-corrected chi connectivity index (χ1v) is 9.77. The third-order valence-electron chi connectivity index (χ3n) is 4.91. The van der Waals surface area contributed by atoms with Crippen molar-refractivity contribution in [3.8, 4) is 0 Å². The van der Waals surface area contributed by atoms with Gasteiger partial charge in [0, 0.05) is 25.5 Å². The summed E-state index contributed by atoms with van der Waals surface area (Å²) in [6.45, 7) is 0.849. The molecule has 0 amide bonds. The van der Waals surface area contributed by atoms with Crippen molar-refractivity contribution in [2.45, 2.75) is 32.1 Å². The largest absolute Gasteiger partial charge is 0.353 e. The topological polar surface area (TPSA) is 84.0 Å². The third kappa shape index (κ3) is 3.95. The predicted molar refractivity (Wildman–Crippen MR) is 85.9 cm³/mol. The van der Waals surface area contributed by atoms with Crippen LogP contribution in [0.4, 0.5) is 5.95 Å². The minimum Gasteiger partial charge on any atom is -0.353 e. The van der Waals surface area contributed by atoms with Gasteiger partial charge in [-0.1, -0.05) is 19.3 Å². The highest BCUT2D eigenvalue weighted by Crippen LogP contribution is 2.49. The maximum atomic E-state index is 12.1. The molecule has 0 aromatic carbocycles. The Balaban J connectivity index is 1.38. The van der Waals surface area contributed by atoms with Gasteiger partial charge >= 0.3 is 0 Å². The molecule has 2 saturated carbocycles. The van der Waals surface area contributed by atoms with Gasteiger partial charge in [0.05, 0.1) is 5.75 Å². The van der Waals surface area contributed by atoms with Crippen molar-refractivity contribution in [3.63, 3.8) is 0 Å². The van der Waals surface area contributed by atoms with Crippen LogP contribution in [0, 0.1) is 17.8 Å². The van der Waals surface area contributed by atoms with E-state index in [0.717, 1.165) is 12.3 Å². The average Bonchev–Trinajstić information content (AvgIpc) is 2.50. The number of aromatic nitrogens is 2. The molecular weight excluding hydrogens is 300 g/mol. The van der Waals surface area contributed by atoms with Gasteiger partial charge in [0.15, 0.2) is 0 Å². The van der Waals surface area contributed by atoms with Gasteiger partial charge in [-0.05, 0) is 36.7 Å². The maximum absolute atomic E-state index is 12.1. The number of nitrogens with one attached hydrogen (secondary N) is 2. The molecule has 1 aromatic rings. The molecule has 0 unspecified atom stereocenters. The van der Waals surface area contributed by atoms with E-state index in [1.807, 2.05) is 0 Å². The third-order valence-corrected chi connectivity index (χ3v) is 6.42. The van der Waals surface area contributed by atoms with Crippen molar-refractivity contribution in [2.75, 3.05) is 24.2 Å². The van der Waals surface area contributed by atoms with Crippen LogP contribution in [0.2, 0.25) is 0 Å². The molecule has 7 heteroatoms. The van der Waals surface area contributed by atoms with Crippen LogP contribution in [-0.2, 0) is 10.0 Å². The van der Waals surface area contributed by atoms with E-state index in [9.17, 15) is 8.42 Å². The summed E-state index contributed by atoms with van der Waals surface area (Å²) in [5, 5.41) is 2.99. The van der Waals surface area contributed by atoms with E-state index in [2.05, 4.69) is 20.0 Å². The number of hydrogen-bond donors (Lipinski definition) is 2. The molecule has 2 aliphatic rings. The molecule has 2 N–H and O–H groups in total. The molecule has 22 heavy (non-hydrogen) atoms. The number of rotatable bonds is 7. The summed E-state index contributed by atoms with van der Waals surface area (Å²) in [6.07, 6.45) is 9.51. The van der Waals surface area contributed by atoms with Gasteiger partial charge in [0.1, 0.15) is 0 Å². The van der Waals surface area contributed by atoms with Crippen molar-refractivity contribution in [1.29, 1.82) is 0 Å². The van der Waals surface area contributed by atoms with E-state index in [-0.39, 0.29) is 5.75 Å². The summed E-state index contributed by atoms with van der Waals surface area (Å²) >= 11 is 0. The Morgan fingerprint density at radius 3 is 2.68 bits per heavy atom. The summed E-state index contributed by atoms with van der Waals surface area (Å²) in [6, 6.07) is 1.74. The number of hydrogen-bond acceptors (Lipinski definition) is 5. The molecule has 6 nitrogen and oxygen atoms in total. The Bertz CT molecular complexity index is 578. The number of anilines is 1. The molecule has 2 aliphatic carbocycles. The lowest BCUT2D eigenvalue weighted by atomic mass is 9.59. The van der Waals surface area contributed by atoms with E-state index in [1.165, 1.54) is 25.7 Å². The molecule has 0 bridgehead atoms. The monoisotopic (exact) mass is 324 g/mol. The molecule has 122 valence electrons. The summed E-state index contributed by atoms with van der Waals surface area (Å²) in [7, 11) is -3.18. The van der Waals surface area contributed by atoms with Crippen molar-refractivity contribution < 1.29 is 8.42 Å². The summed E-state index contributed by atoms with van der Waals surface area (Å²) < 4.78 is 27.0. The second kappa shape index (κ2) is 6.91. The van der Waals surface area contributed by atoms with Gasteiger partial charge in [-0.15, -0.1) is 0 Å². The van der Waals surface area contributed by atoms with E-state index < -0.39 is 10.0 Å². The lowest BCUT2D eigenvalue weighted by molar-refractivity contribution is 0.0439. The first-order chi connectivity index (χ1) is 10.6. The van der Waals surface area contributed by atoms with Gasteiger partial charge in [-0.25, -0.2) is 23.1 Å². The molecule has 3 atom stereocenters. The molecule has 0 saturated heterocycles. The van der Waals surface area contributed by atoms with Crippen LogP contribution in [-0.4, -0.2) is 37.2 Å². The van der Waals surface area contributed by atoms with Gasteiger partial charge in [-0.2, -0.15) is 0 Å². The second-order valence-corrected chi connectivity index (χ2v) is 8.23. The lowest BCUT2D eigenvalue weighted by Crippen LogP contribution is -2.45. The van der Waals surface area contributed by atoms with Crippen molar-refractivity contribution in [1.82, 2.24) is 14.7 Å². The van der Waals surface area contributed by atoms with E-state index >= 15 is 0 Å².